The predicted octanol–water partition coefficient (Wildman–Crippen LogP) is 1.87. The molecule has 1 aromatic carbocycles. The van der Waals surface area contributed by atoms with Gasteiger partial charge in [0.05, 0.1) is 18.7 Å². The number of benzene rings is 1. The number of amides is 1. The van der Waals surface area contributed by atoms with Gasteiger partial charge in [0.15, 0.2) is 5.17 Å². The van der Waals surface area contributed by atoms with Gasteiger partial charge in [-0.15, -0.1) is 5.10 Å². The Morgan fingerprint density at radius 1 is 1.39 bits per heavy atom. The molecule has 0 saturated carbocycles. The molecule has 0 unspecified atom stereocenters. The maximum atomic E-state index is 11.6. The molecule has 1 heterocycles. The SMILES string of the molecule is CCOc1ccc(C(C)=NN=C2NC(=O)[C@@H](CC(=O)O)S2)cc1. The average molecular weight is 335 g/mol. The minimum absolute atomic E-state index is 0.239. The molecule has 0 spiro atoms. The van der Waals surface area contributed by atoms with E-state index in [1.165, 1.54) is 0 Å². The summed E-state index contributed by atoms with van der Waals surface area (Å²) in [6.07, 6.45) is -0.239. The third-order valence-electron chi connectivity index (χ3n) is 3.01. The lowest BCUT2D eigenvalue weighted by molar-refractivity contribution is -0.138. The summed E-state index contributed by atoms with van der Waals surface area (Å²) in [5.41, 5.74) is 1.56. The zero-order valence-corrected chi connectivity index (χ0v) is 13.6. The first-order chi connectivity index (χ1) is 11.0. The minimum atomic E-state index is -1.02. The molecule has 1 aliphatic heterocycles. The number of nitrogens with one attached hydrogen (secondary N) is 1. The van der Waals surface area contributed by atoms with Gasteiger partial charge in [0, 0.05) is 0 Å². The van der Waals surface area contributed by atoms with Gasteiger partial charge in [-0.1, -0.05) is 11.8 Å². The molecule has 23 heavy (non-hydrogen) atoms. The maximum Gasteiger partial charge on any atom is 0.305 e. The first kappa shape index (κ1) is 17.0. The number of carbonyl (C=O) groups excluding carboxylic acids is 1. The van der Waals surface area contributed by atoms with Gasteiger partial charge in [0.1, 0.15) is 11.0 Å². The Morgan fingerprint density at radius 3 is 2.70 bits per heavy atom. The van der Waals surface area contributed by atoms with Crippen LogP contribution in [-0.4, -0.2) is 39.7 Å². The summed E-state index contributed by atoms with van der Waals surface area (Å²) in [4.78, 5) is 22.3. The fourth-order valence-electron chi connectivity index (χ4n) is 1.88. The predicted molar refractivity (Wildman–Crippen MR) is 89.0 cm³/mol. The van der Waals surface area contributed by atoms with Crippen LogP contribution in [0.1, 0.15) is 25.8 Å². The van der Waals surface area contributed by atoms with Crippen LogP contribution in [-0.2, 0) is 9.59 Å². The largest absolute Gasteiger partial charge is 0.494 e. The first-order valence-electron chi connectivity index (χ1n) is 7.04. The third kappa shape index (κ3) is 4.82. The summed E-state index contributed by atoms with van der Waals surface area (Å²) in [6.45, 7) is 4.33. The van der Waals surface area contributed by atoms with Gasteiger partial charge in [0.2, 0.25) is 5.91 Å². The van der Waals surface area contributed by atoms with Crippen molar-refractivity contribution in [1.82, 2.24) is 5.32 Å². The molecule has 1 aromatic rings. The molecule has 122 valence electrons. The van der Waals surface area contributed by atoms with E-state index in [0.717, 1.165) is 23.1 Å². The van der Waals surface area contributed by atoms with Crippen molar-refractivity contribution < 1.29 is 19.4 Å². The number of aliphatic carboxylic acids is 1. The van der Waals surface area contributed by atoms with E-state index < -0.39 is 11.2 Å². The van der Waals surface area contributed by atoms with Crippen LogP contribution in [0.2, 0.25) is 0 Å². The van der Waals surface area contributed by atoms with Gasteiger partial charge in [-0.25, -0.2) is 0 Å². The highest BCUT2D eigenvalue weighted by atomic mass is 32.2. The molecule has 1 fully saturated rings. The van der Waals surface area contributed by atoms with Crippen LogP contribution in [0.3, 0.4) is 0 Å². The molecular formula is C15H17N3O4S. The normalized spacial score (nSPS) is 19.7. The van der Waals surface area contributed by atoms with Crippen LogP contribution in [0.15, 0.2) is 34.5 Å². The van der Waals surface area contributed by atoms with Crippen LogP contribution in [0.4, 0.5) is 0 Å². The van der Waals surface area contributed by atoms with Gasteiger partial charge < -0.3 is 15.2 Å². The Labute approximate surface area is 137 Å². The van der Waals surface area contributed by atoms with E-state index in [0.29, 0.717) is 17.5 Å². The van der Waals surface area contributed by atoms with Gasteiger partial charge >= 0.3 is 5.97 Å². The molecule has 0 radical (unpaired) electrons. The molecule has 0 bridgehead atoms. The molecule has 8 heteroatoms. The van der Waals surface area contributed by atoms with Gasteiger partial charge in [-0.3, -0.25) is 9.59 Å². The Morgan fingerprint density at radius 2 is 2.09 bits per heavy atom. The number of ether oxygens (including phenoxy) is 1. The van der Waals surface area contributed by atoms with Crippen LogP contribution >= 0.6 is 11.8 Å². The van der Waals surface area contributed by atoms with E-state index in [1.54, 1.807) is 6.92 Å². The van der Waals surface area contributed by atoms with E-state index in [1.807, 2.05) is 31.2 Å². The highest BCUT2D eigenvalue weighted by molar-refractivity contribution is 8.15. The standard InChI is InChI=1S/C15H17N3O4S/c1-3-22-11-6-4-10(5-7-11)9(2)17-18-15-16-14(21)12(23-15)8-13(19)20/h4-7,12H,3,8H2,1-2H3,(H,19,20)(H,16,18,21)/t12-/m1/s1. The van der Waals surface area contributed by atoms with E-state index in [-0.39, 0.29) is 12.3 Å². The number of carboxylic acids is 1. The molecule has 0 aliphatic carbocycles. The summed E-state index contributed by atoms with van der Waals surface area (Å²) in [5, 5.41) is 19.0. The van der Waals surface area contributed by atoms with Gasteiger partial charge in [-0.05, 0) is 43.7 Å². The monoisotopic (exact) mass is 335 g/mol. The van der Waals surface area contributed by atoms with E-state index in [9.17, 15) is 9.59 Å². The Kier molecular flexibility index (Phi) is 5.75. The fourth-order valence-corrected chi connectivity index (χ4v) is 2.79. The fraction of sp³-hybridized carbons (Fsp3) is 0.333. The highest BCUT2D eigenvalue weighted by Gasteiger charge is 2.32. The van der Waals surface area contributed by atoms with Crippen molar-refractivity contribution in [1.29, 1.82) is 0 Å². The van der Waals surface area contributed by atoms with Crippen LogP contribution in [0, 0.1) is 0 Å². The number of amidine groups is 1. The lowest BCUT2D eigenvalue weighted by Gasteiger charge is -2.04. The summed E-state index contributed by atoms with van der Waals surface area (Å²) >= 11 is 1.07. The topological polar surface area (TPSA) is 100 Å². The number of hydrogen-bond acceptors (Lipinski definition) is 6. The van der Waals surface area contributed by atoms with E-state index in [4.69, 9.17) is 9.84 Å². The van der Waals surface area contributed by atoms with Crippen molar-refractivity contribution in [3.8, 4) is 5.75 Å². The molecule has 2 N–H and O–H groups in total. The first-order valence-corrected chi connectivity index (χ1v) is 7.92. The number of thioether (sulfide) groups is 1. The van der Waals surface area contributed by atoms with Gasteiger partial charge in [-0.2, -0.15) is 5.10 Å². The molecule has 1 aliphatic rings. The Balaban J connectivity index is 2.03. The lowest BCUT2D eigenvalue weighted by atomic mass is 10.1. The van der Waals surface area contributed by atoms with E-state index in [2.05, 4.69) is 15.5 Å². The Bertz CT molecular complexity index is 655. The zero-order chi connectivity index (χ0) is 16.8. The third-order valence-corrected chi connectivity index (χ3v) is 4.08. The quantitative estimate of drug-likeness (QED) is 0.610. The molecule has 0 aromatic heterocycles. The summed E-state index contributed by atoms with van der Waals surface area (Å²) in [5.74, 6) is -0.594. The van der Waals surface area contributed by atoms with Crippen molar-refractivity contribution >= 4 is 34.5 Å². The smallest absolute Gasteiger partial charge is 0.305 e. The van der Waals surface area contributed by atoms with Crippen molar-refractivity contribution in [3.05, 3.63) is 29.8 Å². The summed E-state index contributed by atoms with van der Waals surface area (Å²) < 4.78 is 5.37. The average Bonchev–Trinajstić information content (AvgIpc) is 2.85. The molecule has 2 rings (SSSR count). The number of carboxylic acid groups (broad SMARTS) is 1. The second-order valence-electron chi connectivity index (χ2n) is 4.74. The number of rotatable bonds is 6. The lowest BCUT2D eigenvalue weighted by Crippen LogP contribution is -2.26. The van der Waals surface area contributed by atoms with E-state index >= 15 is 0 Å². The van der Waals surface area contributed by atoms with Crippen molar-refractivity contribution in [2.75, 3.05) is 6.61 Å². The summed E-state index contributed by atoms with van der Waals surface area (Å²) in [7, 11) is 0. The second kappa shape index (κ2) is 7.77. The molecular weight excluding hydrogens is 318 g/mol. The molecule has 7 nitrogen and oxygen atoms in total. The van der Waals surface area contributed by atoms with Crippen LogP contribution in [0.5, 0.6) is 5.75 Å². The van der Waals surface area contributed by atoms with Crippen molar-refractivity contribution in [2.45, 2.75) is 25.5 Å². The number of carbonyl (C=O) groups is 2. The van der Waals surface area contributed by atoms with Crippen LogP contribution < -0.4 is 10.1 Å². The zero-order valence-electron chi connectivity index (χ0n) is 12.8. The van der Waals surface area contributed by atoms with Crippen LogP contribution in [0.25, 0.3) is 0 Å². The summed E-state index contributed by atoms with van der Waals surface area (Å²) in [6, 6.07) is 7.44. The maximum absolute atomic E-state index is 11.6. The second-order valence-corrected chi connectivity index (χ2v) is 5.93. The number of hydrogen-bond donors (Lipinski definition) is 2. The highest BCUT2D eigenvalue weighted by Crippen LogP contribution is 2.22. The van der Waals surface area contributed by atoms with Crippen molar-refractivity contribution in [2.24, 2.45) is 10.2 Å². The Hall–Kier alpha value is -2.35. The molecule has 1 atom stereocenters. The number of nitrogens with zero attached hydrogens (tertiary/aromatic N) is 2. The van der Waals surface area contributed by atoms with Crippen molar-refractivity contribution in [3.63, 3.8) is 0 Å². The molecule has 1 amide bonds. The minimum Gasteiger partial charge on any atom is -0.494 e. The van der Waals surface area contributed by atoms with Gasteiger partial charge in [0.25, 0.3) is 0 Å². The molecule has 1 saturated heterocycles.